The first-order valence-electron chi connectivity index (χ1n) is 12.5. The molecule has 5 rings (SSSR count). The fourth-order valence-corrected chi connectivity index (χ4v) is 4.61. The van der Waals surface area contributed by atoms with Crippen molar-refractivity contribution < 1.29 is 0 Å². The van der Waals surface area contributed by atoms with E-state index < -0.39 is 0 Å². The molecule has 0 atom stereocenters. The molecule has 4 heterocycles. The van der Waals surface area contributed by atoms with Crippen LogP contribution in [0.3, 0.4) is 0 Å². The van der Waals surface area contributed by atoms with Gasteiger partial charge >= 0.3 is 0 Å². The van der Waals surface area contributed by atoms with Gasteiger partial charge in [-0.15, -0.1) is 6.58 Å². The second-order valence-electron chi connectivity index (χ2n) is 9.61. The summed E-state index contributed by atoms with van der Waals surface area (Å²) in [7, 11) is 2.15. The molecule has 192 valence electrons. The second-order valence-corrected chi connectivity index (χ2v) is 9.61. The van der Waals surface area contributed by atoms with Crippen LogP contribution < -0.4 is 21.3 Å². The van der Waals surface area contributed by atoms with Gasteiger partial charge in [-0.05, 0) is 51.2 Å². The fraction of sp³-hybridized carbons (Fsp3) is 0.333. The summed E-state index contributed by atoms with van der Waals surface area (Å²) in [5.41, 5.74) is 2.82. The predicted molar refractivity (Wildman–Crippen MR) is 147 cm³/mol. The first kappa shape index (κ1) is 24.5. The predicted octanol–water partition coefficient (Wildman–Crippen LogP) is 3.01. The van der Waals surface area contributed by atoms with E-state index in [0.29, 0.717) is 22.7 Å². The Kier molecular flexibility index (Phi) is 6.66. The van der Waals surface area contributed by atoms with Crippen molar-refractivity contribution in [1.29, 1.82) is 0 Å². The molecule has 3 aromatic heterocycles. The summed E-state index contributed by atoms with van der Waals surface area (Å²) in [4.78, 5) is 39.4. The number of aromatic nitrogens is 5. The molecule has 0 amide bonds. The Morgan fingerprint density at radius 2 is 1.73 bits per heavy atom. The van der Waals surface area contributed by atoms with Crippen molar-refractivity contribution in [3.63, 3.8) is 0 Å². The third-order valence-corrected chi connectivity index (χ3v) is 6.69. The van der Waals surface area contributed by atoms with Gasteiger partial charge in [-0.1, -0.05) is 6.08 Å². The molecule has 0 aliphatic carbocycles. The zero-order valence-electron chi connectivity index (χ0n) is 21.5. The highest BCUT2D eigenvalue weighted by Gasteiger charge is 2.18. The molecule has 1 saturated heterocycles. The Labute approximate surface area is 215 Å². The van der Waals surface area contributed by atoms with Crippen molar-refractivity contribution in [1.82, 2.24) is 28.8 Å². The molecule has 10 nitrogen and oxygen atoms in total. The standard InChI is InChI=1S/C27H32N8O2/c1-5-12-34-26(37)23-17-28-27(29-20-6-8-21(9-7-20)32-15-13-31(4)14-16-32)30-25(23)35(34)22-10-11-24(36)33(18-22)19(2)3/h5-11,17-19H,1,12-16H2,2-4H3,(H,28,29,30). The third kappa shape index (κ3) is 4.79. The summed E-state index contributed by atoms with van der Waals surface area (Å²) in [6, 6.07) is 11.4. The van der Waals surface area contributed by atoms with Crippen molar-refractivity contribution >= 4 is 28.4 Å². The minimum Gasteiger partial charge on any atom is -0.369 e. The summed E-state index contributed by atoms with van der Waals surface area (Å²) in [5.74, 6) is 0.376. The van der Waals surface area contributed by atoms with Gasteiger partial charge in [0.15, 0.2) is 5.65 Å². The number of fused-ring (bicyclic) bond motifs is 1. The van der Waals surface area contributed by atoms with Crippen LogP contribution >= 0.6 is 0 Å². The van der Waals surface area contributed by atoms with Crippen LogP contribution in [0.2, 0.25) is 0 Å². The van der Waals surface area contributed by atoms with E-state index in [1.54, 1.807) is 38.5 Å². The number of allylic oxidation sites excluding steroid dienone is 1. The molecule has 37 heavy (non-hydrogen) atoms. The Balaban J connectivity index is 1.51. The van der Waals surface area contributed by atoms with Crippen molar-refractivity contribution in [3.8, 4) is 5.69 Å². The highest BCUT2D eigenvalue weighted by Crippen LogP contribution is 2.22. The zero-order chi connectivity index (χ0) is 26.1. The molecule has 1 N–H and O–H groups in total. The van der Waals surface area contributed by atoms with Crippen molar-refractivity contribution in [3.05, 3.63) is 82.2 Å². The van der Waals surface area contributed by atoms with Gasteiger partial charge in [-0.25, -0.2) is 14.3 Å². The van der Waals surface area contributed by atoms with E-state index in [9.17, 15) is 9.59 Å². The molecule has 4 aromatic rings. The molecule has 1 aliphatic heterocycles. The molecule has 0 spiro atoms. The normalized spacial score (nSPS) is 14.4. The maximum absolute atomic E-state index is 13.2. The Hall–Kier alpha value is -4.18. The van der Waals surface area contributed by atoms with Crippen molar-refractivity contribution in [2.45, 2.75) is 26.4 Å². The molecular weight excluding hydrogens is 468 g/mol. The van der Waals surface area contributed by atoms with E-state index in [-0.39, 0.29) is 23.7 Å². The molecule has 0 saturated carbocycles. The van der Waals surface area contributed by atoms with Crippen LogP contribution in [0.4, 0.5) is 17.3 Å². The van der Waals surface area contributed by atoms with E-state index in [4.69, 9.17) is 4.98 Å². The number of hydrogen-bond donors (Lipinski definition) is 1. The average Bonchev–Trinajstić information content (AvgIpc) is 3.16. The molecule has 0 bridgehead atoms. The van der Waals surface area contributed by atoms with Gasteiger partial charge in [0.05, 0.1) is 12.2 Å². The lowest BCUT2D eigenvalue weighted by Gasteiger charge is -2.34. The first-order chi connectivity index (χ1) is 17.9. The largest absolute Gasteiger partial charge is 0.369 e. The maximum atomic E-state index is 13.2. The summed E-state index contributed by atoms with van der Waals surface area (Å²) >= 11 is 0. The molecule has 1 aromatic carbocycles. The lowest BCUT2D eigenvalue weighted by Crippen LogP contribution is -2.44. The van der Waals surface area contributed by atoms with Gasteiger partial charge in [-0.3, -0.25) is 9.59 Å². The van der Waals surface area contributed by atoms with Gasteiger partial charge in [0.1, 0.15) is 5.39 Å². The highest BCUT2D eigenvalue weighted by atomic mass is 16.1. The van der Waals surface area contributed by atoms with E-state index in [0.717, 1.165) is 31.9 Å². The molecular formula is C27H32N8O2. The Morgan fingerprint density at radius 3 is 2.41 bits per heavy atom. The Bertz CT molecular complexity index is 1540. The SMILES string of the molecule is C=CCn1c(=O)c2cnc(Nc3ccc(N4CCN(C)CC4)cc3)nc2n1-c1ccc(=O)n(C(C)C)c1. The number of likely N-dealkylation sites (N-methyl/N-ethyl adjacent to an activating group) is 1. The summed E-state index contributed by atoms with van der Waals surface area (Å²) in [5, 5.41) is 3.65. The van der Waals surface area contributed by atoms with Crippen LogP contribution in [0.15, 0.2) is 71.0 Å². The van der Waals surface area contributed by atoms with Crippen LogP contribution in [0.1, 0.15) is 19.9 Å². The van der Waals surface area contributed by atoms with Gasteiger partial charge < -0.3 is 19.7 Å². The van der Waals surface area contributed by atoms with Crippen LogP contribution in [0.25, 0.3) is 16.7 Å². The number of anilines is 3. The number of pyridine rings is 1. The maximum Gasteiger partial charge on any atom is 0.278 e. The first-order valence-corrected chi connectivity index (χ1v) is 12.5. The van der Waals surface area contributed by atoms with E-state index >= 15 is 0 Å². The molecule has 10 heteroatoms. The van der Waals surface area contributed by atoms with Crippen LogP contribution in [0, 0.1) is 0 Å². The van der Waals surface area contributed by atoms with Crippen LogP contribution in [-0.4, -0.2) is 62.0 Å². The number of rotatable bonds is 7. The average molecular weight is 501 g/mol. The summed E-state index contributed by atoms with van der Waals surface area (Å²) < 4.78 is 4.90. The molecule has 1 aliphatic rings. The van der Waals surface area contributed by atoms with Gasteiger partial charge in [0.25, 0.3) is 11.1 Å². The van der Waals surface area contributed by atoms with E-state index in [2.05, 4.69) is 45.9 Å². The van der Waals surface area contributed by atoms with Gasteiger partial charge in [-0.2, -0.15) is 4.98 Å². The van der Waals surface area contributed by atoms with E-state index in [1.807, 2.05) is 26.0 Å². The quantitative estimate of drug-likeness (QED) is 0.390. The smallest absolute Gasteiger partial charge is 0.278 e. The van der Waals surface area contributed by atoms with Gasteiger partial charge in [0, 0.05) is 62.1 Å². The van der Waals surface area contributed by atoms with E-state index in [1.165, 1.54) is 11.8 Å². The second kappa shape index (κ2) is 10.1. The lowest BCUT2D eigenvalue weighted by atomic mass is 10.2. The van der Waals surface area contributed by atoms with Crippen molar-refractivity contribution in [2.75, 3.05) is 43.4 Å². The monoisotopic (exact) mass is 500 g/mol. The number of benzene rings is 1. The van der Waals surface area contributed by atoms with Crippen LogP contribution in [-0.2, 0) is 6.54 Å². The Morgan fingerprint density at radius 1 is 1.03 bits per heavy atom. The number of nitrogens with one attached hydrogen (secondary N) is 1. The third-order valence-electron chi connectivity index (χ3n) is 6.69. The molecule has 0 radical (unpaired) electrons. The molecule has 0 unspecified atom stereocenters. The molecule has 1 fully saturated rings. The minimum atomic E-state index is -0.222. The van der Waals surface area contributed by atoms with Gasteiger partial charge in [0.2, 0.25) is 5.95 Å². The van der Waals surface area contributed by atoms with Crippen molar-refractivity contribution in [2.24, 2.45) is 0 Å². The minimum absolute atomic E-state index is 0.0328. The highest BCUT2D eigenvalue weighted by molar-refractivity contribution is 5.77. The summed E-state index contributed by atoms with van der Waals surface area (Å²) in [6.45, 7) is 12.1. The fourth-order valence-electron chi connectivity index (χ4n) is 4.61. The number of piperazine rings is 1. The number of hydrogen-bond acceptors (Lipinski definition) is 7. The topological polar surface area (TPSA) is 93.2 Å². The number of nitrogens with zero attached hydrogens (tertiary/aromatic N) is 7. The van der Waals surface area contributed by atoms with Crippen LogP contribution in [0.5, 0.6) is 0 Å². The summed E-state index contributed by atoms with van der Waals surface area (Å²) in [6.07, 6.45) is 4.95. The lowest BCUT2D eigenvalue weighted by molar-refractivity contribution is 0.313. The zero-order valence-corrected chi connectivity index (χ0v) is 21.5.